The van der Waals surface area contributed by atoms with Gasteiger partial charge in [-0.05, 0) is 49.9 Å². The van der Waals surface area contributed by atoms with Crippen LogP contribution in [-0.2, 0) is 0 Å². The van der Waals surface area contributed by atoms with Gasteiger partial charge in [-0.3, -0.25) is 0 Å². The molecule has 1 nitrogen and oxygen atoms in total. The number of rotatable bonds is 4. The molecule has 0 saturated carbocycles. The lowest BCUT2D eigenvalue weighted by atomic mass is 9.88. The van der Waals surface area contributed by atoms with E-state index in [9.17, 15) is 0 Å². The van der Waals surface area contributed by atoms with E-state index >= 15 is 0 Å². The number of likely N-dealkylation sites (tertiary alicyclic amines) is 1. The molecule has 0 aliphatic carbocycles. The van der Waals surface area contributed by atoms with Gasteiger partial charge in [-0.1, -0.05) is 13.8 Å². The van der Waals surface area contributed by atoms with E-state index in [-0.39, 0.29) is 0 Å². The zero-order valence-corrected chi connectivity index (χ0v) is 9.89. The van der Waals surface area contributed by atoms with E-state index in [1.165, 1.54) is 38.9 Å². The maximum absolute atomic E-state index is 4.23. The molecule has 1 aliphatic rings. The van der Waals surface area contributed by atoms with Gasteiger partial charge in [-0.15, -0.1) is 0 Å². The number of hydrogen-bond acceptors (Lipinski definition) is 2. The highest BCUT2D eigenvalue weighted by Crippen LogP contribution is 2.22. The minimum Gasteiger partial charge on any atom is -0.303 e. The molecule has 2 atom stereocenters. The van der Waals surface area contributed by atoms with Crippen LogP contribution >= 0.6 is 12.6 Å². The Labute approximate surface area is 88.3 Å². The molecule has 1 aliphatic heterocycles. The average Bonchev–Trinajstić information content (AvgIpc) is 2.12. The van der Waals surface area contributed by atoms with Gasteiger partial charge in [-0.2, -0.15) is 12.6 Å². The standard InChI is InChI=1S/C11H23NS/c1-10-5-7-12(9-11(10)2)6-3-4-8-13/h10-11,13H,3-9H2,1-2H3. The van der Waals surface area contributed by atoms with Gasteiger partial charge < -0.3 is 4.90 Å². The Balaban J connectivity index is 2.14. The molecule has 2 unspecified atom stereocenters. The van der Waals surface area contributed by atoms with Gasteiger partial charge in [0.05, 0.1) is 0 Å². The van der Waals surface area contributed by atoms with E-state index in [4.69, 9.17) is 0 Å². The van der Waals surface area contributed by atoms with Crippen LogP contribution in [-0.4, -0.2) is 30.3 Å². The van der Waals surface area contributed by atoms with Crippen LogP contribution in [0.5, 0.6) is 0 Å². The van der Waals surface area contributed by atoms with Crippen molar-refractivity contribution in [2.45, 2.75) is 33.1 Å². The third kappa shape index (κ3) is 3.90. The highest BCUT2D eigenvalue weighted by Gasteiger charge is 2.21. The van der Waals surface area contributed by atoms with Crippen LogP contribution in [0.4, 0.5) is 0 Å². The van der Waals surface area contributed by atoms with Crippen LogP contribution in [0.15, 0.2) is 0 Å². The van der Waals surface area contributed by atoms with Gasteiger partial charge in [0.2, 0.25) is 0 Å². The quantitative estimate of drug-likeness (QED) is 0.540. The summed E-state index contributed by atoms with van der Waals surface area (Å²) in [6, 6.07) is 0. The molecule has 1 heterocycles. The average molecular weight is 201 g/mol. The summed E-state index contributed by atoms with van der Waals surface area (Å²) in [5.41, 5.74) is 0. The van der Waals surface area contributed by atoms with Gasteiger partial charge in [0.15, 0.2) is 0 Å². The SMILES string of the molecule is CC1CCN(CCCCS)CC1C. The molecule has 2 heteroatoms. The number of unbranched alkanes of at least 4 members (excludes halogenated alkanes) is 1. The lowest BCUT2D eigenvalue weighted by molar-refractivity contribution is 0.137. The van der Waals surface area contributed by atoms with E-state index in [0.29, 0.717) is 0 Å². The molecule has 1 rings (SSSR count). The molecule has 0 aromatic carbocycles. The normalized spacial score (nSPS) is 30.7. The zero-order chi connectivity index (χ0) is 9.68. The molecule has 0 aromatic rings. The van der Waals surface area contributed by atoms with Gasteiger partial charge >= 0.3 is 0 Å². The maximum atomic E-state index is 4.23. The van der Waals surface area contributed by atoms with Crippen molar-refractivity contribution < 1.29 is 0 Å². The third-order valence-electron chi connectivity index (χ3n) is 3.30. The first-order valence-corrected chi connectivity index (χ1v) is 6.20. The second-order valence-electron chi connectivity index (χ2n) is 4.47. The predicted octanol–water partition coefficient (Wildman–Crippen LogP) is 2.67. The van der Waals surface area contributed by atoms with Crippen LogP contribution in [0.3, 0.4) is 0 Å². The van der Waals surface area contributed by atoms with Crippen LogP contribution in [0.25, 0.3) is 0 Å². The smallest absolute Gasteiger partial charge is 0.000957 e. The first-order valence-electron chi connectivity index (χ1n) is 5.57. The molecule has 0 spiro atoms. The van der Waals surface area contributed by atoms with Crippen molar-refractivity contribution in [3.8, 4) is 0 Å². The van der Waals surface area contributed by atoms with E-state index in [2.05, 4.69) is 31.4 Å². The van der Waals surface area contributed by atoms with Crippen molar-refractivity contribution in [2.24, 2.45) is 11.8 Å². The van der Waals surface area contributed by atoms with Crippen molar-refractivity contribution >= 4 is 12.6 Å². The summed E-state index contributed by atoms with van der Waals surface area (Å²) in [6.45, 7) is 8.69. The minimum absolute atomic E-state index is 0.893. The summed E-state index contributed by atoms with van der Waals surface area (Å²) >= 11 is 4.23. The topological polar surface area (TPSA) is 3.24 Å². The van der Waals surface area contributed by atoms with E-state index < -0.39 is 0 Å². The van der Waals surface area contributed by atoms with Crippen molar-refractivity contribution in [3.05, 3.63) is 0 Å². The fourth-order valence-corrected chi connectivity index (χ4v) is 2.22. The first kappa shape index (κ1) is 11.4. The monoisotopic (exact) mass is 201 g/mol. The van der Waals surface area contributed by atoms with Crippen LogP contribution in [0, 0.1) is 11.8 Å². The van der Waals surface area contributed by atoms with E-state index in [0.717, 1.165) is 17.6 Å². The molecule has 0 N–H and O–H groups in total. The molecule has 1 saturated heterocycles. The zero-order valence-electron chi connectivity index (χ0n) is 9.00. The van der Waals surface area contributed by atoms with Crippen molar-refractivity contribution in [2.75, 3.05) is 25.4 Å². The van der Waals surface area contributed by atoms with Gasteiger partial charge in [-0.25, -0.2) is 0 Å². The summed E-state index contributed by atoms with van der Waals surface area (Å²) in [5.74, 6) is 2.87. The maximum Gasteiger partial charge on any atom is 0.000957 e. The third-order valence-corrected chi connectivity index (χ3v) is 3.62. The summed E-state index contributed by atoms with van der Waals surface area (Å²) in [6.07, 6.45) is 3.98. The van der Waals surface area contributed by atoms with Crippen LogP contribution in [0.2, 0.25) is 0 Å². The number of hydrogen-bond donors (Lipinski definition) is 1. The van der Waals surface area contributed by atoms with Gasteiger partial charge in [0, 0.05) is 6.54 Å². The largest absolute Gasteiger partial charge is 0.303 e. The summed E-state index contributed by atoms with van der Waals surface area (Å²) in [7, 11) is 0. The van der Waals surface area contributed by atoms with E-state index in [1.807, 2.05) is 0 Å². The molecular formula is C11H23NS. The highest BCUT2D eigenvalue weighted by molar-refractivity contribution is 7.80. The summed E-state index contributed by atoms with van der Waals surface area (Å²) < 4.78 is 0. The van der Waals surface area contributed by atoms with E-state index in [1.54, 1.807) is 0 Å². The van der Waals surface area contributed by atoms with Crippen molar-refractivity contribution in [1.82, 2.24) is 4.90 Å². The lowest BCUT2D eigenvalue weighted by Gasteiger charge is -2.35. The van der Waals surface area contributed by atoms with Gasteiger partial charge in [0.25, 0.3) is 0 Å². The molecule has 1 fully saturated rings. The van der Waals surface area contributed by atoms with Crippen LogP contribution in [0.1, 0.15) is 33.1 Å². The summed E-state index contributed by atoms with van der Waals surface area (Å²) in [5, 5.41) is 0. The molecule has 0 aromatic heterocycles. The molecule has 13 heavy (non-hydrogen) atoms. The predicted molar refractivity (Wildman–Crippen MR) is 62.5 cm³/mol. The lowest BCUT2D eigenvalue weighted by Crippen LogP contribution is -2.38. The Morgan fingerprint density at radius 2 is 2.00 bits per heavy atom. The fraction of sp³-hybridized carbons (Fsp3) is 1.00. The van der Waals surface area contributed by atoms with Crippen LogP contribution < -0.4 is 0 Å². The molecular weight excluding hydrogens is 178 g/mol. The Hall–Kier alpha value is 0.310. The second-order valence-corrected chi connectivity index (χ2v) is 4.92. The van der Waals surface area contributed by atoms with Crippen molar-refractivity contribution in [3.63, 3.8) is 0 Å². The fourth-order valence-electron chi connectivity index (χ4n) is 2.00. The Bertz CT molecular complexity index is 138. The molecule has 78 valence electrons. The minimum atomic E-state index is 0.893. The number of piperidine rings is 1. The highest BCUT2D eigenvalue weighted by atomic mass is 32.1. The Morgan fingerprint density at radius 3 is 2.62 bits per heavy atom. The molecule has 0 bridgehead atoms. The van der Waals surface area contributed by atoms with Crippen molar-refractivity contribution in [1.29, 1.82) is 0 Å². The Morgan fingerprint density at radius 1 is 1.23 bits per heavy atom. The molecule has 0 radical (unpaired) electrons. The Kier molecular flexibility index (Phi) is 5.18. The summed E-state index contributed by atoms with van der Waals surface area (Å²) in [4.78, 5) is 2.62. The van der Waals surface area contributed by atoms with Gasteiger partial charge in [0.1, 0.15) is 0 Å². The number of nitrogens with zero attached hydrogens (tertiary/aromatic N) is 1. The first-order chi connectivity index (χ1) is 6.24. The second kappa shape index (κ2) is 5.92. The molecule has 0 amide bonds. The number of thiol groups is 1.